The van der Waals surface area contributed by atoms with Crippen LogP contribution in [0.4, 0.5) is 0 Å². The average Bonchev–Trinajstić information content (AvgIpc) is 2.31. The lowest BCUT2D eigenvalue weighted by Gasteiger charge is -2.38. The van der Waals surface area contributed by atoms with Crippen molar-refractivity contribution in [2.45, 2.75) is 37.3 Å². The Morgan fingerprint density at radius 3 is 2.75 bits per heavy atom. The molecule has 2 aliphatic heterocycles. The van der Waals surface area contributed by atoms with Crippen LogP contribution in [0, 0.1) is 0 Å². The number of hydrogen-bond donors (Lipinski definition) is 3. The van der Waals surface area contributed by atoms with Gasteiger partial charge in [0.25, 0.3) is 0 Å². The lowest BCUT2D eigenvalue weighted by molar-refractivity contribution is -0.144. The van der Waals surface area contributed by atoms with Crippen LogP contribution in [0.1, 0.15) is 25.7 Å². The molecule has 0 amide bonds. The number of carboxylic acids is 1. The third-order valence-corrected chi connectivity index (χ3v) is 4.74. The minimum absolute atomic E-state index is 0.371. The predicted molar refractivity (Wildman–Crippen MR) is 66.0 cm³/mol. The molecule has 5 heteroatoms. The van der Waals surface area contributed by atoms with Crippen LogP contribution < -0.4 is 10.6 Å². The highest BCUT2D eigenvalue weighted by Crippen LogP contribution is 2.28. The van der Waals surface area contributed by atoms with Crippen LogP contribution in [0.3, 0.4) is 0 Å². The van der Waals surface area contributed by atoms with E-state index in [2.05, 4.69) is 10.6 Å². The molecule has 0 bridgehead atoms. The Labute approximate surface area is 101 Å². The number of hydrogen-bond acceptors (Lipinski definition) is 4. The van der Waals surface area contributed by atoms with Gasteiger partial charge in [0.05, 0.1) is 0 Å². The first-order valence-corrected chi connectivity index (χ1v) is 7.18. The van der Waals surface area contributed by atoms with Crippen molar-refractivity contribution < 1.29 is 9.90 Å². The van der Waals surface area contributed by atoms with Gasteiger partial charge >= 0.3 is 5.97 Å². The Hall–Kier alpha value is -0.260. The Balaban J connectivity index is 1.98. The van der Waals surface area contributed by atoms with Crippen molar-refractivity contribution in [1.29, 1.82) is 0 Å². The SMILES string of the molecule is O=C(O)C1(NC2CCNCC2)CCCSC1. The summed E-state index contributed by atoms with van der Waals surface area (Å²) in [6.45, 7) is 2.00. The van der Waals surface area contributed by atoms with Gasteiger partial charge in [0, 0.05) is 11.8 Å². The first-order valence-electron chi connectivity index (χ1n) is 6.02. The van der Waals surface area contributed by atoms with Gasteiger partial charge in [-0.25, -0.2) is 0 Å². The van der Waals surface area contributed by atoms with Crippen LogP contribution >= 0.6 is 11.8 Å². The summed E-state index contributed by atoms with van der Waals surface area (Å²) in [5.41, 5.74) is -0.662. The largest absolute Gasteiger partial charge is 0.480 e. The zero-order valence-corrected chi connectivity index (χ0v) is 10.3. The van der Waals surface area contributed by atoms with E-state index in [-0.39, 0.29) is 0 Å². The first-order chi connectivity index (χ1) is 7.73. The van der Waals surface area contributed by atoms with Gasteiger partial charge in [0.15, 0.2) is 0 Å². The van der Waals surface area contributed by atoms with Crippen molar-refractivity contribution in [2.24, 2.45) is 0 Å². The quantitative estimate of drug-likeness (QED) is 0.681. The van der Waals surface area contributed by atoms with E-state index in [1.165, 1.54) is 0 Å². The number of rotatable bonds is 3. The van der Waals surface area contributed by atoms with Crippen molar-refractivity contribution in [1.82, 2.24) is 10.6 Å². The van der Waals surface area contributed by atoms with Crippen molar-refractivity contribution in [3.05, 3.63) is 0 Å². The molecule has 2 saturated heterocycles. The predicted octanol–water partition coefficient (Wildman–Crippen LogP) is 0.678. The number of thioether (sulfide) groups is 1. The highest BCUT2D eigenvalue weighted by atomic mass is 32.2. The smallest absolute Gasteiger partial charge is 0.324 e. The minimum atomic E-state index is -0.668. The van der Waals surface area contributed by atoms with E-state index in [1.54, 1.807) is 11.8 Å². The lowest BCUT2D eigenvalue weighted by Crippen LogP contribution is -2.60. The summed E-state index contributed by atoms with van der Waals surface area (Å²) in [6, 6.07) is 0.371. The summed E-state index contributed by atoms with van der Waals surface area (Å²) in [5, 5.41) is 16.1. The van der Waals surface area contributed by atoms with E-state index in [0.29, 0.717) is 11.8 Å². The molecule has 0 saturated carbocycles. The topological polar surface area (TPSA) is 61.4 Å². The molecule has 4 nitrogen and oxygen atoms in total. The van der Waals surface area contributed by atoms with Crippen LogP contribution in [0.25, 0.3) is 0 Å². The summed E-state index contributed by atoms with van der Waals surface area (Å²) < 4.78 is 0. The molecule has 0 aromatic carbocycles. The fraction of sp³-hybridized carbons (Fsp3) is 0.909. The second-order valence-corrected chi connectivity index (χ2v) is 5.82. The number of carbonyl (C=O) groups is 1. The fourth-order valence-corrected chi connectivity index (χ4v) is 3.69. The molecule has 1 atom stereocenters. The normalized spacial score (nSPS) is 32.5. The minimum Gasteiger partial charge on any atom is -0.480 e. The monoisotopic (exact) mass is 244 g/mol. The Kier molecular flexibility index (Phi) is 4.10. The highest BCUT2D eigenvalue weighted by molar-refractivity contribution is 7.99. The van der Waals surface area contributed by atoms with Gasteiger partial charge < -0.3 is 10.4 Å². The molecule has 1 unspecified atom stereocenters. The maximum absolute atomic E-state index is 11.5. The van der Waals surface area contributed by atoms with Crippen LogP contribution in [0.15, 0.2) is 0 Å². The summed E-state index contributed by atoms with van der Waals surface area (Å²) >= 11 is 1.76. The molecule has 2 aliphatic rings. The zero-order valence-electron chi connectivity index (χ0n) is 9.50. The standard InChI is InChI=1S/C11H20N2O2S/c14-10(15)11(4-1-7-16-8-11)13-9-2-5-12-6-3-9/h9,12-13H,1-8H2,(H,14,15). The molecule has 2 fully saturated rings. The van der Waals surface area contributed by atoms with E-state index >= 15 is 0 Å². The Morgan fingerprint density at radius 2 is 2.19 bits per heavy atom. The van der Waals surface area contributed by atoms with Crippen molar-refractivity contribution in [3.8, 4) is 0 Å². The summed E-state index contributed by atoms with van der Waals surface area (Å²) in [4.78, 5) is 11.5. The molecular weight excluding hydrogens is 224 g/mol. The van der Waals surface area contributed by atoms with Crippen LogP contribution in [0.5, 0.6) is 0 Å². The first kappa shape index (κ1) is 12.2. The van der Waals surface area contributed by atoms with Gasteiger partial charge in [-0.15, -0.1) is 0 Å². The van der Waals surface area contributed by atoms with Crippen LogP contribution in [-0.2, 0) is 4.79 Å². The second kappa shape index (κ2) is 5.38. The fourth-order valence-electron chi connectivity index (χ4n) is 2.50. The van der Waals surface area contributed by atoms with E-state index in [0.717, 1.165) is 44.5 Å². The van der Waals surface area contributed by atoms with Crippen molar-refractivity contribution in [3.63, 3.8) is 0 Å². The second-order valence-electron chi connectivity index (χ2n) is 4.71. The number of nitrogens with one attached hydrogen (secondary N) is 2. The van der Waals surface area contributed by atoms with Gasteiger partial charge in [-0.1, -0.05) is 0 Å². The summed E-state index contributed by atoms with van der Waals surface area (Å²) in [7, 11) is 0. The Bertz CT molecular complexity index is 248. The molecule has 2 rings (SSSR count). The molecule has 0 radical (unpaired) electrons. The van der Waals surface area contributed by atoms with Crippen LogP contribution in [0.2, 0.25) is 0 Å². The molecule has 0 aromatic rings. The van der Waals surface area contributed by atoms with E-state index in [4.69, 9.17) is 0 Å². The molecule has 3 N–H and O–H groups in total. The molecule has 16 heavy (non-hydrogen) atoms. The van der Waals surface area contributed by atoms with E-state index < -0.39 is 11.5 Å². The summed E-state index contributed by atoms with van der Waals surface area (Å²) in [6.07, 6.45) is 3.87. The zero-order chi connectivity index (χ0) is 11.4. The molecular formula is C11H20N2O2S. The van der Waals surface area contributed by atoms with Gasteiger partial charge in [0.2, 0.25) is 0 Å². The van der Waals surface area contributed by atoms with Gasteiger partial charge in [-0.3, -0.25) is 10.1 Å². The van der Waals surface area contributed by atoms with Gasteiger partial charge in [-0.05, 0) is 44.5 Å². The average molecular weight is 244 g/mol. The molecule has 92 valence electrons. The van der Waals surface area contributed by atoms with E-state index in [9.17, 15) is 9.90 Å². The van der Waals surface area contributed by atoms with Crippen molar-refractivity contribution >= 4 is 17.7 Å². The lowest BCUT2D eigenvalue weighted by atomic mass is 9.92. The highest BCUT2D eigenvalue weighted by Gasteiger charge is 2.41. The van der Waals surface area contributed by atoms with E-state index in [1.807, 2.05) is 0 Å². The number of carboxylic acid groups (broad SMARTS) is 1. The van der Waals surface area contributed by atoms with Gasteiger partial charge in [-0.2, -0.15) is 11.8 Å². The third kappa shape index (κ3) is 2.70. The molecule has 0 aromatic heterocycles. The number of piperidine rings is 1. The Morgan fingerprint density at radius 1 is 1.44 bits per heavy atom. The molecule has 0 aliphatic carbocycles. The van der Waals surface area contributed by atoms with Gasteiger partial charge in [0.1, 0.15) is 5.54 Å². The summed E-state index contributed by atoms with van der Waals surface area (Å²) in [5.74, 6) is 1.15. The molecule has 0 spiro atoms. The number of aliphatic carboxylic acids is 1. The van der Waals surface area contributed by atoms with Crippen LogP contribution in [-0.4, -0.2) is 47.3 Å². The maximum Gasteiger partial charge on any atom is 0.324 e. The van der Waals surface area contributed by atoms with Crippen molar-refractivity contribution in [2.75, 3.05) is 24.6 Å². The maximum atomic E-state index is 11.5. The third-order valence-electron chi connectivity index (χ3n) is 3.47. The molecule has 2 heterocycles.